The quantitative estimate of drug-likeness (QED) is 0.713. The van der Waals surface area contributed by atoms with Gasteiger partial charge in [-0.3, -0.25) is 4.79 Å². The number of aromatic nitrogens is 2. The van der Waals surface area contributed by atoms with Gasteiger partial charge in [0.05, 0.1) is 17.1 Å². The van der Waals surface area contributed by atoms with Crippen LogP contribution in [0, 0.1) is 19.7 Å². The highest BCUT2D eigenvalue weighted by Gasteiger charge is 2.15. The van der Waals surface area contributed by atoms with Crippen molar-refractivity contribution in [1.82, 2.24) is 9.97 Å². The smallest absolute Gasteiger partial charge is 0.322 e. The molecule has 0 bridgehead atoms. The number of carbonyl (C=O) groups excluding carboxylic acids is 1. The van der Waals surface area contributed by atoms with Crippen molar-refractivity contribution in [2.24, 2.45) is 0 Å². The minimum absolute atomic E-state index is 0.0210. The first-order valence-electron chi connectivity index (χ1n) is 8.71. The fraction of sp³-hybridized carbons (Fsp3) is 0.190. The van der Waals surface area contributed by atoms with Gasteiger partial charge in [0.25, 0.3) is 5.91 Å². The molecule has 0 unspecified atom stereocenters. The van der Waals surface area contributed by atoms with Gasteiger partial charge in [0.1, 0.15) is 0 Å². The Bertz CT molecular complexity index is 998. The number of anilines is 2. The lowest BCUT2D eigenvalue weighted by Gasteiger charge is -2.15. The molecule has 3 rings (SSSR count). The van der Waals surface area contributed by atoms with Crippen LogP contribution in [0.1, 0.15) is 21.7 Å². The van der Waals surface area contributed by atoms with E-state index in [0.29, 0.717) is 22.6 Å². The molecular weight excluding hydrogens is 359 g/mol. The molecule has 1 N–H and O–H groups in total. The third-order valence-electron chi connectivity index (χ3n) is 4.15. The number of benzene rings is 2. The third-order valence-corrected chi connectivity index (χ3v) is 4.15. The average molecular weight is 380 g/mol. The summed E-state index contributed by atoms with van der Waals surface area (Å²) in [5, 5.41) is 2.85. The molecule has 0 aliphatic rings. The van der Waals surface area contributed by atoms with Crippen LogP contribution in [-0.4, -0.2) is 30.0 Å². The number of ether oxygens (including phenoxy) is 1. The zero-order valence-electron chi connectivity index (χ0n) is 16.2. The van der Waals surface area contributed by atoms with Crippen LogP contribution < -0.4 is 15.0 Å². The molecule has 2 aromatic carbocycles. The average Bonchev–Trinajstić information content (AvgIpc) is 2.66. The van der Waals surface area contributed by atoms with E-state index in [9.17, 15) is 9.18 Å². The Labute approximate surface area is 163 Å². The molecule has 144 valence electrons. The maximum Gasteiger partial charge on any atom is 0.322 e. The van der Waals surface area contributed by atoms with Crippen LogP contribution in [0.5, 0.6) is 11.8 Å². The minimum atomic E-state index is -0.500. The molecule has 0 fully saturated rings. The zero-order valence-corrected chi connectivity index (χ0v) is 16.2. The largest absolute Gasteiger partial charge is 0.421 e. The Morgan fingerprint density at radius 3 is 2.36 bits per heavy atom. The topological polar surface area (TPSA) is 67.4 Å². The Hall–Kier alpha value is -3.48. The van der Waals surface area contributed by atoms with E-state index in [1.807, 2.05) is 31.1 Å². The van der Waals surface area contributed by atoms with E-state index in [4.69, 9.17) is 4.74 Å². The van der Waals surface area contributed by atoms with Gasteiger partial charge in [0.15, 0.2) is 11.6 Å². The van der Waals surface area contributed by atoms with Gasteiger partial charge < -0.3 is 15.0 Å². The molecule has 7 heteroatoms. The van der Waals surface area contributed by atoms with E-state index in [1.54, 1.807) is 38.1 Å². The van der Waals surface area contributed by atoms with Gasteiger partial charge in [-0.05, 0) is 44.2 Å². The molecule has 6 nitrogen and oxygen atoms in total. The first-order valence-corrected chi connectivity index (χ1v) is 8.71. The number of hydrogen-bond donors (Lipinski definition) is 1. The minimum Gasteiger partial charge on any atom is -0.421 e. The molecule has 0 aliphatic heterocycles. The van der Waals surface area contributed by atoms with Gasteiger partial charge in [0.2, 0.25) is 0 Å². The highest BCUT2D eigenvalue weighted by atomic mass is 19.1. The molecule has 1 amide bonds. The summed E-state index contributed by atoms with van der Waals surface area (Å²) in [4.78, 5) is 23.0. The summed E-state index contributed by atoms with van der Waals surface area (Å²) in [6.45, 7) is 3.46. The summed E-state index contributed by atoms with van der Waals surface area (Å²) in [5.41, 5.74) is 3.00. The molecule has 0 saturated heterocycles. The highest BCUT2D eigenvalue weighted by molar-refractivity contribution is 6.05. The van der Waals surface area contributed by atoms with Crippen molar-refractivity contribution >= 4 is 17.3 Å². The van der Waals surface area contributed by atoms with E-state index in [2.05, 4.69) is 15.3 Å². The van der Waals surface area contributed by atoms with Gasteiger partial charge in [-0.2, -0.15) is 9.97 Å². The van der Waals surface area contributed by atoms with E-state index >= 15 is 0 Å². The van der Waals surface area contributed by atoms with Gasteiger partial charge in [-0.25, -0.2) is 4.39 Å². The summed E-state index contributed by atoms with van der Waals surface area (Å²) in [6.07, 6.45) is 0. The number of carbonyl (C=O) groups is 1. The van der Waals surface area contributed by atoms with Crippen molar-refractivity contribution in [2.45, 2.75) is 13.8 Å². The Morgan fingerprint density at radius 1 is 1.04 bits per heavy atom. The molecule has 0 atom stereocenters. The van der Waals surface area contributed by atoms with Crippen molar-refractivity contribution in [3.05, 3.63) is 71.3 Å². The van der Waals surface area contributed by atoms with Crippen molar-refractivity contribution in [3.8, 4) is 11.8 Å². The highest BCUT2D eigenvalue weighted by Crippen LogP contribution is 2.25. The number of aryl methyl sites for hydroxylation is 2. The Kier molecular flexibility index (Phi) is 5.54. The predicted molar refractivity (Wildman–Crippen MR) is 107 cm³/mol. The maximum absolute atomic E-state index is 13.8. The number of amides is 1. The van der Waals surface area contributed by atoms with Crippen molar-refractivity contribution in [1.29, 1.82) is 0 Å². The molecular formula is C21H21FN4O2. The molecule has 0 radical (unpaired) electrons. The van der Waals surface area contributed by atoms with E-state index in [0.717, 1.165) is 5.69 Å². The summed E-state index contributed by atoms with van der Waals surface area (Å²) in [6, 6.07) is 13.3. The summed E-state index contributed by atoms with van der Waals surface area (Å²) >= 11 is 0. The fourth-order valence-corrected chi connectivity index (χ4v) is 2.65. The van der Waals surface area contributed by atoms with Gasteiger partial charge in [-0.15, -0.1) is 0 Å². The molecule has 1 aromatic heterocycles. The van der Waals surface area contributed by atoms with Crippen LogP contribution in [-0.2, 0) is 0 Å². The first kappa shape index (κ1) is 19.3. The molecule has 28 heavy (non-hydrogen) atoms. The van der Waals surface area contributed by atoms with E-state index in [-0.39, 0.29) is 17.7 Å². The van der Waals surface area contributed by atoms with Crippen molar-refractivity contribution in [3.63, 3.8) is 0 Å². The summed E-state index contributed by atoms with van der Waals surface area (Å²) in [5.74, 6) is -0.723. The lowest BCUT2D eigenvalue weighted by molar-refractivity contribution is 0.102. The van der Waals surface area contributed by atoms with Crippen LogP contribution in [0.4, 0.5) is 15.8 Å². The third kappa shape index (κ3) is 4.25. The first-order chi connectivity index (χ1) is 13.3. The number of halogens is 1. The number of nitrogens with one attached hydrogen (secondary N) is 1. The lowest BCUT2D eigenvalue weighted by Crippen LogP contribution is -2.16. The predicted octanol–water partition coefficient (Wildman–Crippen LogP) is 4.34. The monoisotopic (exact) mass is 380 g/mol. The fourth-order valence-electron chi connectivity index (χ4n) is 2.65. The SMILES string of the molecule is Cc1nc(Oc2ccccc2F)nc(C)c1NC(=O)c1cccc(N(C)C)c1. The van der Waals surface area contributed by atoms with Gasteiger partial charge in [0, 0.05) is 25.3 Å². The van der Waals surface area contributed by atoms with E-state index < -0.39 is 5.82 Å². The van der Waals surface area contributed by atoms with Gasteiger partial charge >= 0.3 is 6.01 Å². The summed E-state index contributed by atoms with van der Waals surface area (Å²) < 4.78 is 19.2. The summed E-state index contributed by atoms with van der Waals surface area (Å²) in [7, 11) is 3.82. The molecule has 1 heterocycles. The number of nitrogens with zero attached hydrogens (tertiary/aromatic N) is 3. The van der Waals surface area contributed by atoms with Crippen molar-refractivity contribution in [2.75, 3.05) is 24.3 Å². The second kappa shape index (κ2) is 8.04. The number of rotatable bonds is 5. The number of para-hydroxylation sites is 1. The van der Waals surface area contributed by atoms with Crippen LogP contribution in [0.25, 0.3) is 0 Å². The van der Waals surface area contributed by atoms with Crippen molar-refractivity contribution < 1.29 is 13.9 Å². The second-order valence-electron chi connectivity index (χ2n) is 6.48. The van der Waals surface area contributed by atoms with Crippen LogP contribution in [0.15, 0.2) is 48.5 Å². The van der Waals surface area contributed by atoms with E-state index in [1.165, 1.54) is 12.1 Å². The van der Waals surface area contributed by atoms with Crippen LogP contribution in [0.2, 0.25) is 0 Å². The molecule has 3 aromatic rings. The molecule has 0 aliphatic carbocycles. The normalized spacial score (nSPS) is 10.5. The van der Waals surface area contributed by atoms with Crippen LogP contribution in [0.3, 0.4) is 0 Å². The van der Waals surface area contributed by atoms with Crippen LogP contribution >= 0.6 is 0 Å². The molecule has 0 saturated carbocycles. The van der Waals surface area contributed by atoms with Gasteiger partial charge in [-0.1, -0.05) is 18.2 Å². The Morgan fingerprint density at radius 2 is 1.71 bits per heavy atom. The Balaban J connectivity index is 1.82. The number of hydrogen-bond acceptors (Lipinski definition) is 5. The zero-order chi connectivity index (χ0) is 20.3. The lowest BCUT2D eigenvalue weighted by atomic mass is 10.1. The maximum atomic E-state index is 13.8. The second-order valence-corrected chi connectivity index (χ2v) is 6.48. The standard InChI is InChI=1S/C21H21FN4O2/c1-13-19(25-20(27)15-8-7-9-16(12-15)26(3)4)14(2)24-21(23-13)28-18-11-6-5-10-17(18)22/h5-12H,1-4H3,(H,25,27). The molecule has 0 spiro atoms.